The van der Waals surface area contributed by atoms with Crippen LogP contribution in [-0.2, 0) is 11.8 Å². The number of nitrogens with zero attached hydrogens (tertiary/aromatic N) is 3. The third-order valence-corrected chi connectivity index (χ3v) is 3.22. The van der Waals surface area contributed by atoms with Crippen LogP contribution in [0.4, 0.5) is 13.2 Å². The Labute approximate surface area is 136 Å². The predicted octanol–water partition coefficient (Wildman–Crippen LogP) is 2.18. The highest BCUT2D eigenvalue weighted by atomic mass is 19.4. The number of nitrogens with one attached hydrogen (secondary N) is 1. The number of amides is 1. The molecular weight excluding hydrogens is 325 g/mol. The lowest BCUT2D eigenvalue weighted by Crippen LogP contribution is -2.42. The summed E-state index contributed by atoms with van der Waals surface area (Å²) in [6, 6.07) is 1.54. The highest BCUT2D eigenvalue weighted by molar-refractivity contribution is 5.95. The number of aromatic nitrogens is 3. The van der Waals surface area contributed by atoms with Crippen LogP contribution in [0, 0.1) is 0 Å². The average Bonchev–Trinajstić information content (AvgIpc) is 2.96. The SMILES string of the molecule is CCOC(CNC(=O)c1cncc(-c2cnn(C)c2)c1)C(F)(F)F. The van der Waals surface area contributed by atoms with E-state index in [2.05, 4.69) is 20.1 Å². The summed E-state index contributed by atoms with van der Waals surface area (Å²) >= 11 is 0. The standard InChI is InChI=1S/C15H17F3N4O2/c1-3-24-13(15(16,17)18)8-20-14(23)11-4-10(5-19-6-11)12-7-21-22(2)9-12/h4-7,9,13H,3,8H2,1-2H3,(H,20,23). The van der Waals surface area contributed by atoms with Crippen LogP contribution < -0.4 is 5.32 Å². The third-order valence-electron chi connectivity index (χ3n) is 3.22. The van der Waals surface area contributed by atoms with Gasteiger partial charge in [0.1, 0.15) is 0 Å². The molecule has 2 heterocycles. The van der Waals surface area contributed by atoms with Gasteiger partial charge in [0.25, 0.3) is 5.91 Å². The lowest BCUT2D eigenvalue weighted by molar-refractivity contribution is -0.216. The van der Waals surface area contributed by atoms with E-state index in [9.17, 15) is 18.0 Å². The normalized spacial score (nSPS) is 12.9. The van der Waals surface area contributed by atoms with Gasteiger partial charge in [0.2, 0.25) is 0 Å². The summed E-state index contributed by atoms with van der Waals surface area (Å²) in [5, 5.41) is 6.25. The fourth-order valence-corrected chi connectivity index (χ4v) is 2.05. The zero-order valence-corrected chi connectivity index (χ0v) is 13.2. The van der Waals surface area contributed by atoms with Gasteiger partial charge >= 0.3 is 6.18 Å². The quantitative estimate of drug-likeness (QED) is 0.874. The first-order chi connectivity index (χ1) is 11.3. The number of pyridine rings is 1. The van der Waals surface area contributed by atoms with E-state index >= 15 is 0 Å². The summed E-state index contributed by atoms with van der Waals surface area (Å²) in [6.45, 7) is 0.702. The molecule has 0 aliphatic rings. The molecule has 0 saturated heterocycles. The molecule has 2 rings (SSSR count). The number of aryl methyl sites for hydroxylation is 1. The zero-order valence-electron chi connectivity index (χ0n) is 13.2. The van der Waals surface area contributed by atoms with Gasteiger partial charge in [-0.3, -0.25) is 14.5 Å². The molecular formula is C15H17F3N4O2. The Hall–Kier alpha value is -2.42. The fourth-order valence-electron chi connectivity index (χ4n) is 2.05. The molecule has 0 aromatic carbocycles. The van der Waals surface area contributed by atoms with Crippen molar-refractivity contribution in [1.29, 1.82) is 0 Å². The van der Waals surface area contributed by atoms with Gasteiger partial charge in [-0.05, 0) is 13.0 Å². The minimum Gasteiger partial charge on any atom is -0.367 e. The number of halogens is 3. The molecule has 0 saturated carbocycles. The van der Waals surface area contributed by atoms with Crippen molar-refractivity contribution in [2.75, 3.05) is 13.2 Å². The van der Waals surface area contributed by atoms with Gasteiger partial charge in [0.15, 0.2) is 6.10 Å². The Kier molecular flexibility index (Phi) is 5.55. The summed E-state index contributed by atoms with van der Waals surface area (Å²) in [5.41, 5.74) is 1.56. The summed E-state index contributed by atoms with van der Waals surface area (Å²) in [7, 11) is 1.75. The van der Waals surface area contributed by atoms with Crippen molar-refractivity contribution in [1.82, 2.24) is 20.1 Å². The molecule has 0 aliphatic heterocycles. The lowest BCUT2D eigenvalue weighted by Gasteiger charge is -2.20. The maximum atomic E-state index is 12.7. The first-order valence-electron chi connectivity index (χ1n) is 7.22. The number of hydrogen-bond acceptors (Lipinski definition) is 4. The Balaban J connectivity index is 2.07. The van der Waals surface area contributed by atoms with E-state index in [4.69, 9.17) is 0 Å². The second-order valence-corrected chi connectivity index (χ2v) is 5.06. The van der Waals surface area contributed by atoms with Gasteiger partial charge in [-0.1, -0.05) is 0 Å². The Morgan fingerprint density at radius 3 is 2.67 bits per heavy atom. The molecule has 1 amide bonds. The van der Waals surface area contributed by atoms with Crippen molar-refractivity contribution in [3.8, 4) is 11.1 Å². The van der Waals surface area contributed by atoms with Crippen LogP contribution in [-0.4, -0.2) is 46.1 Å². The Morgan fingerprint density at radius 2 is 2.08 bits per heavy atom. The highest BCUT2D eigenvalue weighted by Crippen LogP contribution is 2.22. The molecule has 9 heteroatoms. The monoisotopic (exact) mass is 342 g/mol. The number of hydrogen-bond donors (Lipinski definition) is 1. The van der Waals surface area contributed by atoms with Crippen LogP contribution in [0.25, 0.3) is 11.1 Å². The molecule has 0 fully saturated rings. The van der Waals surface area contributed by atoms with Crippen LogP contribution in [0.1, 0.15) is 17.3 Å². The van der Waals surface area contributed by atoms with Crippen LogP contribution >= 0.6 is 0 Å². The molecule has 0 bridgehead atoms. The summed E-state index contributed by atoms with van der Waals surface area (Å²) in [6.07, 6.45) is -0.397. The van der Waals surface area contributed by atoms with E-state index in [1.165, 1.54) is 13.1 Å². The average molecular weight is 342 g/mol. The second-order valence-electron chi connectivity index (χ2n) is 5.06. The molecule has 0 aliphatic carbocycles. The van der Waals surface area contributed by atoms with Crippen molar-refractivity contribution in [2.24, 2.45) is 7.05 Å². The lowest BCUT2D eigenvalue weighted by atomic mass is 10.1. The Morgan fingerprint density at radius 1 is 1.33 bits per heavy atom. The van der Waals surface area contributed by atoms with Crippen LogP contribution in [0.2, 0.25) is 0 Å². The number of rotatable bonds is 6. The second kappa shape index (κ2) is 7.43. The molecule has 0 spiro atoms. The minimum absolute atomic E-state index is 0.0991. The van der Waals surface area contributed by atoms with E-state index in [0.29, 0.717) is 5.56 Å². The van der Waals surface area contributed by atoms with Crippen LogP contribution in [0.15, 0.2) is 30.9 Å². The Bertz CT molecular complexity index is 700. The topological polar surface area (TPSA) is 69.0 Å². The van der Waals surface area contributed by atoms with Crippen LogP contribution in [0.5, 0.6) is 0 Å². The highest BCUT2D eigenvalue weighted by Gasteiger charge is 2.40. The summed E-state index contributed by atoms with van der Waals surface area (Å²) in [5.74, 6) is -0.651. The molecule has 6 nitrogen and oxygen atoms in total. The molecule has 1 N–H and O–H groups in total. The predicted molar refractivity (Wildman–Crippen MR) is 80.2 cm³/mol. The maximum absolute atomic E-state index is 12.7. The van der Waals surface area contributed by atoms with Gasteiger partial charge < -0.3 is 10.1 Å². The fraction of sp³-hybridized carbons (Fsp3) is 0.400. The van der Waals surface area contributed by atoms with Gasteiger partial charge in [-0.25, -0.2) is 0 Å². The van der Waals surface area contributed by atoms with Crippen LogP contribution in [0.3, 0.4) is 0 Å². The number of ether oxygens (including phenoxy) is 1. The number of carbonyl (C=O) groups excluding carboxylic acids is 1. The minimum atomic E-state index is -4.54. The van der Waals surface area contributed by atoms with E-state index in [1.54, 1.807) is 36.4 Å². The molecule has 1 atom stereocenters. The van der Waals surface area contributed by atoms with Crippen molar-refractivity contribution >= 4 is 5.91 Å². The molecule has 0 radical (unpaired) electrons. The van der Waals surface area contributed by atoms with E-state index < -0.39 is 24.7 Å². The van der Waals surface area contributed by atoms with E-state index in [-0.39, 0.29) is 12.2 Å². The summed E-state index contributed by atoms with van der Waals surface area (Å²) in [4.78, 5) is 16.0. The molecule has 1 unspecified atom stereocenters. The van der Waals surface area contributed by atoms with Crippen molar-refractivity contribution in [3.05, 3.63) is 36.4 Å². The number of carbonyl (C=O) groups is 1. The molecule has 2 aromatic heterocycles. The van der Waals surface area contributed by atoms with Crippen molar-refractivity contribution in [3.63, 3.8) is 0 Å². The molecule has 2 aromatic rings. The maximum Gasteiger partial charge on any atom is 0.416 e. The van der Waals surface area contributed by atoms with Crippen molar-refractivity contribution < 1.29 is 22.7 Å². The van der Waals surface area contributed by atoms with Gasteiger partial charge in [-0.15, -0.1) is 0 Å². The third kappa shape index (κ3) is 4.54. The van der Waals surface area contributed by atoms with Crippen molar-refractivity contribution in [2.45, 2.75) is 19.2 Å². The van der Waals surface area contributed by atoms with Gasteiger partial charge in [0, 0.05) is 43.4 Å². The molecule has 130 valence electrons. The van der Waals surface area contributed by atoms with Gasteiger partial charge in [0.05, 0.1) is 18.3 Å². The first-order valence-corrected chi connectivity index (χ1v) is 7.22. The smallest absolute Gasteiger partial charge is 0.367 e. The first kappa shape index (κ1) is 17.9. The van der Waals surface area contributed by atoms with E-state index in [1.807, 2.05) is 0 Å². The number of alkyl halides is 3. The summed E-state index contributed by atoms with van der Waals surface area (Å²) < 4.78 is 44.5. The largest absolute Gasteiger partial charge is 0.416 e. The van der Waals surface area contributed by atoms with Gasteiger partial charge in [-0.2, -0.15) is 18.3 Å². The van der Waals surface area contributed by atoms with E-state index in [0.717, 1.165) is 5.56 Å². The zero-order chi connectivity index (χ0) is 17.7. The molecule has 24 heavy (non-hydrogen) atoms.